The molecule has 2 aliphatic rings. The van der Waals surface area contributed by atoms with Crippen molar-refractivity contribution in [2.45, 2.75) is 61.3 Å². The zero-order valence-electron chi connectivity index (χ0n) is 14.2. The van der Waals surface area contributed by atoms with Gasteiger partial charge in [-0.2, -0.15) is 0 Å². The molecule has 2 nitrogen and oxygen atoms in total. The maximum Gasteiger partial charge on any atom is 0.236 e. The molecule has 0 N–H and O–H groups in total. The van der Waals surface area contributed by atoms with Gasteiger partial charge in [0.25, 0.3) is 0 Å². The van der Waals surface area contributed by atoms with Gasteiger partial charge in [0.15, 0.2) is 11.6 Å². The number of amides is 1. The molecule has 0 radical (unpaired) electrons. The SMILES string of the molecule is C[Si](C)(C)I.O=C1C(I)CC[C@H]2CC[C@@H](c3ccc(F)c(F)c3)N12. The molecular formula is C17H23F2I2NOSi. The highest BCUT2D eigenvalue weighted by Crippen LogP contribution is 2.42. The van der Waals surface area contributed by atoms with Gasteiger partial charge in [-0.1, -0.05) is 48.3 Å². The fourth-order valence-electron chi connectivity index (χ4n) is 3.17. The first-order chi connectivity index (χ1) is 11.1. The maximum atomic E-state index is 13.4. The van der Waals surface area contributed by atoms with E-state index >= 15 is 0 Å². The number of rotatable bonds is 1. The highest BCUT2D eigenvalue weighted by Gasteiger charge is 2.42. The number of benzene rings is 1. The number of hydrogen-bond donors (Lipinski definition) is 0. The van der Waals surface area contributed by atoms with Gasteiger partial charge < -0.3 is 4.90 Å². The summed E-state index contributed by atoms with van der Waals surface area (Å²) in [6.45, 7) is 6.94. The van der Waals surface area contributed by atoms with E-state index in [-0.39, 0.29) is 21.9 Å². The van der Waals surface area contributed by atoms with Gasteiger partial charge in [0, 0.05) is 6.04 Å². The van der Waals surface area contributed by atoms with E-state index in [0.717, 1.165) is 31.7 Å². The van der Waals surface area contributed by atoms with Crippen molar-refractivity contribution in [2.75, 3.05) is 0 Å². The summed E-state index contributed by atoms with van der Waals surface area (Å²) in [5, 5.41) is 0. The average molecular weight is 577 g/mol. The molecule has 134 valence electrons. The topological polar surface area (TPSA) is 20.3 Å². The Labute approximate surface area is 170 Å². The van der Waals surface area contributed by atoms with Gasteiger partial charge in [-0.15, -0.1) is 21.8 Å². The molecule has 3 atom stereocenters. The molecule has 0 spiro atoms. The summed E-state index contributed by atoms with van der Waals surface area (Å²) in [4.78, 5) is 14.2. The molecule has 0 bridgehead atoms. The zero-order chi connectivity index (χ0) is 18.1. The van der Waals surface area contributed by atoms with Crippen LogP contribution in [-0.4, -0.2) is 26.3 Å². The van der Waals surface area contributed by atoms with E-state index in [0.29, 0.717) is 5.56 Å². The summed E-state index contributed by atoms with van der Waals surface area (Å²) in [6, 6.07) is 4.15. The summed E-state index contributed by atoms with van der Waals surface area (Å²) >= 11 is 4.69. The number of carbonyl (C=O) groups excluding carboxylic acids is 1. The average Bonchev–Trinajstić information content (AvgIpc) is 2.89. The summed E-state index contributed by atoms with van der Waals surface area (Å²) in [7, 11) is 0. The fourth-order valence-corrected chi connectivity index (χ4v) is 3.85. The van der Waals surface area contributed by atoms with E-state index in [9.17, 15) is 13.6 Å². The largest absolute Gasteiger partial charge is 0.332 e. The third kappa shape index (κ3) is 5.36. The van der Waals surface area contributed by atoms with E-state index in [2.05, 4.69) is 64.0 Å². The molecule has 1 aromatic carbocycles. The van der Waals surface area contributed by atoms with Gasteiger partial charge in [-0.05, 0) is 43.4 Å². The first kappa shape index (κ1) is 20.5. The van der Waals surface area contributed by atoms with Crippen molar-refractivity contribution in [1.29, 1.82) is 0 Å². The number of hydrogen-bond acceptors (Lipinski definition) is 1. The van der Waals surface area contributed by atoms with E-state index in [1.165, 1.54) is 6.07 Å². The molecule has 24 heavy (non-hydrogen) atoms. The van der Waals surface area contributed by atoms with Crippen LogP contribution in [0.3, 0.4) is 0 Å². The minimum absolute atomic E-state index is 0.0137. The third-order valence-corrected chi connectivity index (χ3v) is 5.26. The van der Waals surface area contributed by atoms with Crippen molar-refractivity contribution >= 4 is 55.9 Å². The second-order valence-electron chi connectivity index (χ2n) is 7.28. The minimum Gasteiger partial charge on any atom is -0.332 e. The van der Waals surface area contributed by atoms with E-state index in [1.54, 1.807) is 6.07 Å². The van der Waals surface area contributed by atoms with Crippen molar-refractivity contribution in [3.05, 3.63) is 35.4 Å². The summed E-state index contributed by atoms with van der Waals surface area (Å²) in [5.41, 5.74) is 0.0675. The van der Waals surface area contributed by atoms with Gasteiger partial charge in [-0.25, -0.2) is 8.78 Å². The molecule has 0 aromatic heterocycles. The Hall–Kier alpha value is 0.227. The first-order valence-corrected chi connectivity index (χ1v) is 16.0. The standard InChI is InChI=1S/C14H14F2INO.C3H9ISi/c15-10-4-1-8(7-11(10)16)13-6-3-9-2-5-12(17)14(19)18(9)13;1-5(2,3)4/h1,4,7,9,12-13H,2-3,5-6H2;1-3H3/t9-,12?,13-;/m0./s1. The molecule has 1 amide bonds. The Morgan fingerprint density at radius 3 is 2.25 bits per heavy atom. The number of alkyl halides is 1. The number of fused-ring (bicyclic) bond motifs is 1. The predicted molar refractivity (Wildman–Crippen MR) is 113 cm³/mol. The number of halogens is 4. The molecule has 0 aliphatic carbocycles. The van der Waals surface area contributed by atoms with Gasteiger partial charge in [0.05, 0.1) is 9.97 Å². The molecule has 2 heterocycles. The molecule has 1 unspecified atom stereocenters. The van der Waals surface area contributed by atoms with E-state index < -0.39 is 17.2 Å². The quantitative estimate of drug-likeness (QED) is 0.178. The second kappa shape index (κ2) is 8.28. The zero-order valence-corrected chi connectivity index (χ0v) is 19.5. The molecule has 7 heteroatoms. The lowest BCUT2D eigenvalue weighted by molar-refractivity contribution is -0.135. The Morgan fingerprint density at radius 1 is 1.08 bits per heavy atom. The van der Waals surface area contributed by atoms with Crippen LogP contribution < -0.4 is 0 Å². The van der Waals surface area contributed by atoms with Crippen LogP contribution >= 0.6 is 44.4 Å². The van der Waals surface area contributed by atoms with E-state index in [1.807, 2.05) is 4.90 Å². The molecule has 2 fully saturated rings. The number of nitrogens with zero attached hydrogens (tertiary/aromatic N) is 1. The molecular weight excluding hydrogens is 554 g/mol. The Bertz CT molecular complexity index is 603. The molecule has 3 rings (SSSR count). The predicted octanol–water partition coefficient (Wildman–Crippen LogP) is 5.85. The molecule has 1 aromatic rings. The first-order valence-electron chi connectivity index (χ1n) is 8.18. The van der Waals surface area contributed by atoms with Gasteiger partial charge in [-0.3, -0.25) is 4.79 Å². The van der Waals surface area contributed by atoms with Crippen LogP contribution in [-0.2, 0) is 4.79 Å². The van der Waals surface area contributed by atoms with Crippen molar-refractivity contribution in [1.82, 2.24) is 4.90 Å². The summed E-state index contributed by atoms with van der Waals surface area (Å²) in [5.74, 6) is -1.53. The lowest BCUT2D eigenvalue weighted by Gasteiger charge is -2.36. The number of piperidine rings is 1. The van der Waals surface area contributed by atoms with Crippen molar-refractivity contribution < 1.29 is 13.6 Å². The van der Waals surface area contributed by atoms with Crippen molar-refractivity contribution in [2.24, 2.45) is 0 Å². The monoisotopic (exact) mass is 577 g/mol. The fraction of sp³-hybridized carbons (Fsp3) is 0.588. The smallest absolute Gasteiger partial charge is 0.236 e. The van der Waals surface area contributed by atoms with Crippen LogP contribution in [0, 0.1) is 11.6 Å². The highest BCUT2D eigenvalue weighted by molar-refractivity contribution is 14.1. The van der Waals surface area contributed by atoms with Crippen molar-refractivity contribution in [3.8, 4) is 0 Å². The van der Waals surface area contributed by atoms with Crippen LogP contribution in [0.15, 0.2) is 18.2 Å². The summed E-state index contributed by atoms with van der Waals surface area (Å²) in [6.07, 6.45) is 3.73. The lowest BCUT2D eigenvalue weighted by atomic mass is 10.0. The second-order valence-corrected chi connectivity index (χ2v) is 22.6. The van der Waals surface area contributed by atoms with Crippen LogP contribution in [0.1, 0.15) is 37.3 Å². The highest BCUT2D eigenvalue weighted by atomic mass is 127. The Balaban J connectivity index is 0.000000368. The number of carbonyl (C=O) groups is 1. The van der Waals surface area contributed by atoms with Crippen LogP contribution in [0.4, 0.5) is 8.78 Å². The Morgan fingerprint density at radius 2 is 1.67 bits per heavy atom. The van der Waals surface area contributed by atoms with Crippen molar-refractivity contribution in [3.63, 3.8) is 0 Å². The molecule has 0 saturated carbocycles. The molecule has 2 aliphatic heterocycles. The van der Waals surface area contributed by atoms with Gasteiger partial charge >= 0.3 is 0 Å². The van der Waals surface area contributed by atoms with E-state index in [4.69, 9.17) is 0 Å². The normalized spacial score (nSPS) is 26.7. The maximum absolute atomic E-state index is 13.4. The van der Waals surface area contributed by atoms with Crippen LogP contribution in [0.25, 0.3) is 0 Å². The van der Waals surface area contributed by atoms with Gasteiger partial charge in [0.1, 0.15) is 5.57 Å². The lowest BCUT2D eigenvalue weighted by Crippen LogP contribution is -2.45. The van der Waals surface area contributed by atoms with Gasteiger partial charge in [0.2, 0.25) is 5.91 Å². The summed E-state index contributed by atoms with van der Waals surface area (Å²) < 4.78 is 26.4. The minimum atomic E-state index is -0.838. The van der Waals surface area contributed by atoms with Crippen LogP contribution in [0.2, 0.25) is 19.6 Å². The van der Waals surface area contributed by atoms with Crippen LogP contribution in [0.5, 0.6) is 0 Å². The molecule has 2 saturated heterocycles. The Kier molecular flexibility index (Phi) is 7.09. The third-order valence-electron chi connectivity index (χ3n) is 4.11.